The predicted octanol–water partition coefficient (Wildman–Crippen LogP) is 3.32. The van der Waals surface area contributed by atoms with Gasteiger partial charge in [0.1, 0.15) is 5.56 Å². The van der Waals surface area contributed by atoms with Crippen molar-refractivity contribution < 1.29 is 26.4 Å². The monoisotopic (exact) mass is 686 g/mol. The molecule has 1 aromatic carbocycles. The number of hydrogen-bond donors (Lipinski definition) is 1. The fraction of sp³-hybridized carbons (Fsp3) is 0.452. The largest absolute Gasteiger partial charge is 0.419 e. The lowest BCUT2D eigenvalue weighted by atomic mass is 10.1. The second-order valence-electron chi connectivity index (χ2n) is 12.2. The van der Waals surface area contributed by atoms with E-state index in [2.05, 4.69) is 30.3 Å². The van der Waals surface area contributed by atoms with Crippen molar-refractivity contribution in [1.82, 2.24) is 43.4 Å². The maximum absolute atomic E-state index is 14.1. The molecule has 0 atom stereocenters. The van der Waals surface area contributed by atoms with Crippen LogP contribution < -0.4 is 5.32 Å². The van der Waals surface area contributed by atoms with Crippen LogP contribution in [0, 0.1) is 6.92 Å². The summed E-state index contributed by atoms with van der Waals surface area (Å²) in [4.78, 5) is 27.9. The molecule has 0 radical (unpaired) electrons. The number of piperazine rings is 1. The number of hydrogen-bond acceptors (Lipinski definition) is 9. The number of anilines is 1. The zero-order valence-corrected chi connectivity index (χ0v) is 27.7. The molecule has 17 heteroatoms. The molecule has 2 aliphatic heterocycles. The summed E-state index contributed by atoms with van der Waals surface area (Å²) >= 11 is 0. The van der Waals surface area contributed by atoms with E-state index in [1.807, 2.05) is 30.0 Å². The average Bonchev–Trinajstić information content (AvgIpc) is 3.71. The molecule has 0 saturated carbocycles. The predicted molar refractivity (Wildman–Crippen MR) is 170 cm³/mol. The van der Waals surface area contributed by atoms with E-state index in [1.54, 1.807) is 18.5 Å². The fourth-order valence-corrected chi connectivity index (χ4v) is 7.52. The van der Waals surface area contributed by atoms with Gasteiger partial charge in [0.05, 0.1) is 23.9 Å². The van der Waals surface area contributed by atoms with Crippen LogP contribution in [-0.4, -0.2) is 103 Å². The molecule has 2 aliphatic rings. The van der Waals surface area contributed by atoms with E-state index in [4.69, 9.17) is 0 Å². The van der Waals surface area contributed by atoms with Crippen molar-refractivity contribution >= 4 is 21.9 Å². The summed E-state index contributed by atoms with van der Waals surface area (Å²) in [5, 5.41) is 7.44. The smallest absolute Gasteiger partial charge is 0.351 e. The third-order valence-corrected chi connectivity index (χ3v) is 10.5. The van der Waals surface area contributed by atoms with Gasteiger partial charge in [-0.25, -0.2) is 28.1 Å². The van der Waals surface area contributed by atoms with Crippen LogP contribution >= 0.6 is 0 Å². The van der Waals surface area contributed by atoms with E-state index in [9.17, 15) is 26.4 Å². The normalized spacial score (nSPS) is 17.2. The second kappa shape index (κ2) is 13.3. The lowest BCUT2D eigenvalue weighted by Crippen LogP contribution is -2.47. The molecule has 6 rings (SSSR count). The highest BCUT2D eigenvalue weighted by Crippen LogP contribution is 2.36. The minimum absolute atomic E-state index is 0.0152. The Morgan fingerprint density at radius 1 is 1.02 bits per heavy atom. The molecule has 2 saturated heterocycles. The van der Waals surface area contributed by atoms with E-state index < -0.39 is 21.8 Å². The zero-order valence-electron chi connectivity index (χ0n) is 26.9. The molecule has 0 unspecified atom stereocenters. The average molecular weight is 687 g/mol. The van der Waals surface area contributed by atoms with Crippen molar-refractivity contribution in [2.24, 2.45) is 7.05 Å². The molecule has 2 fully saturated rings. The van der Waals surface area contributed by atoms with Crippen LogP contribution in [0.2, 0.25) is 0 Å². The number of benzene rings is 1. The Balaban J connectivity index is 1.15. The minimum Gasteiger partial charge on any atom is -0.351 e. The molecular formula is C31H37F3N10O3S. The van der Waals surface area contributed by atoms with Gasteiger partial charge in [-0.05, 0) is 37.0 Å². The minimum atomic E-state index is -4.70. The molecule has 3 aromatic heterocycles. The number of aryl methyl sites for hydroxylation is 2. The molecule has 0 bridgehead atoms. The van der Waals surface area contributed by atoms with Crippen molar-refractivity contribution in [3.05, 3.63) is 66.0 Å². The molecular weight excluding hydrogens is 649 g/mol. The number of amides is 1. The highest BCUT2D eigenvalue weighted by atomic mass is 32.2. The number of carbonyl (C=O) groups is 1. The molecule has 256 valence electrons. The number of nitrogens with zero attached hydrogens (tertiary/aromatic N) is 9. The lowest BCUT2D eigenvalue weighted by Gasteiger charge is -2.34. The number of aromatic nitrogens is 6. The van der Waals surface area contributed by atoms with Crippen LogP contribution in [0.5, 0.6) is 0 Å². The summed E-state index contributed by atoms with van der Waals surface area (Å²) < 4.78 is 72.6. The molecule has 5 heterocycles. The Bertz CT molecular complexity index is 1890. The number of sulfonamides is 1. The number of alkyl halides is 3. The van der Waals surface area contributed by atoms with Crippen molar-refractivity contribution in [2.45, 2.75) is 50.5 Å². The van der Waals surface area contributed by atoms with Crippen molar-refractivity contribution in [3.63, 3.8) is 0 Å². The van der Waals surface area contributed by atoms with Gasteiger partial charge in [-0.15, -0.1) is 0 Å². The fourth-order valence-electron chi connectivity index (χ4n) is 6.09. The number of imidazole rings is 1. The summed E-state index contributed by atoms with van der Waals surface area (Å²) in [6, 6.07) is 5.66. The SMILES string of the molecule is CC(=O)N1CCN(Cc2ccc(-n3cc(-c4nc(NC5CCN(S(=O)(=O)c6cn(C)cn6)CC5)ncc4C(F)(F)F)cn3)c(C)c2)CC1. The number of carbonyl (C=O) groups excluding carboxylic acids is 1. The number of rotatable bonds is 8. The summed E-state index contributed by atoms with van der Waals surface area (Å²) in [6.07, 6.45) is 2.62. The van der Waals surface area contributed by atoms with E-state index in [1.165, 1.54) is 33.9 Å². The van der Waals surface area contributed by atoms with Gasteiger partial charge in [-0.1, -0.05) is 12.1 Å². The molecule has 48 heavy (non-hydrogen) atoms. The molecule has 13 nitrogen and oxygen atoms in total. The van der Waals surface area contributed by atoms with Gasteiger partial charge in [-0.2, -0.15) is 22.6 Å². The molecule has 1 amide bonds. The summed E-state index contributed by atoms with van der Waals surface area (Å²) in [6.45, 7) is 7.61. The Hall–Kier alpha value is -4.35. The number of nitrogens with one attached hydrogen (secondary N) is 1. The Labute approximate surface area is 276 Å². The highest BCUT2D eigenvalue weighted by molar-refractivity contribution is 7.89. The Kier molecular flexibility index (Phi) is 9.28. The van der Waals surface area contributed by atoms with Gasteiger partial charge in [0.2, 0.25) is 11.9 Å². The number of piperidine rings is 1. The Morgan fingerprint density at radius 3 is 2.38 bits per heavy atom. The van der Waals surface area contributed by atoms with Gasteiger partial charge < -0.3 is 14.8 Å². The summed E-state index contributed by atoms with van der Waals surface area (Å²) in [5.41, 5.74) is 1.60. The first-order valence-electron chi connectivity index (χ1n) is 15.6. The Morgan fingerprint density at radius 2 is 1.75 bits per heavy atom. The van der Waals surface area contributed by atoms with E-state index in [0.29, 0.717) is 25.9 Å². The maximum atomic E-state index is 14.1. The quantitative estimate of drug-likeness (QED) is 0.296. The van der Waals surface area contributed by atoms with Gasteiger partial charge in [-0.3, -0.25) is 9.69 Å². The van der Waals surface area contributed by atoms with Gasteiger partial charge in [0.25, 0.3) is 10.0 Å². The molecule has 0 spiro atoms. The first-order chi connectivity index (χ1) is 22.8. The van der Waals surface area contributed by atoms with Gasteiger partial charge >= 0.3 is 6.18 Å². The lowest BCUT2D eigenvalue weighted by molar-refractivity contribution is -0.137. The maximum Gasteiger partial charge on any atom is 0.419 e. The molecule has 0 aliphatic carbocycles. The van der Waals surface area contributed by atoms with E-state index >= 15 is 0 Å². The second-order valence-corrected chi connectivity index (χ2v) is 14.1. The van der Waals surface area contributed by atoms with Crippen LogP contribution in [0.1, 0.15) is 36.5 Å². The zero-order chi connectivity index (χ0) is 34.2. The van der Waals surface area contributed by atoms with Gasteiger partial charge in [0, 0.05) is 90.0 Å². The topological polar surface area (TPSA) is 134 Å². The van der Waals surface area contributed by atoms with E-state index in [0.717, 1.165) is 42.6 Å². The first kappa shape index (κ1) is 33.5. The summed E-state index contributed by atoms with van der Waals surface area (Å²) in [7, 11) is -2.06. The van der Waals surface area contributed by atoms with Crippen LogP contribution in [0.15, 0.2) is 54.3 Å². The molecule has 1 N–H and O–H groups in total. The number of halogens is 3. The van der Waals surface area contributed by atoms with Crippen LogP contribution in [0.3, 0.4) is 0 Å². The van der Waals surface area contributed by atoms with Gasteiger partial charge in [0.15, 0.2) is 5.03 Å². The van der Waals surface area contributed by atoms with E-state index in [-0.39, 0.29) is 47.3 Å². The van der Waals surface area contributed by atoms with Crippen molar-refractivity contribution in [1.29, 1.82) is 0 Å². The van der Waals surface area contributed by atoms with Crippen LogP contribution in [-0.2, 0) is 34.6 Å². The third kappa shape index (κ3) is 7.22. The first-order valence-corrected chi connectivity index (χ1v) is 17.0. The van der Waals surface area contributed by atoms with Crippen LogP contribution in [0.4, 0.5) is 19.1 Å². The highest BCUT2D eigenvalue weighted by Gasteiger charge is 2.36. The standard InChI is InChI=1S/C31H37F3N10O3S/c1-21-14-23(17-41-10-12-42(13-11-41)22(2)45)4-5-27(21)44-18-24(15-37-44)29-26(31(32,33)34)16-35-30(39-29)38-25-6-8-43(9-7-25)48(46,47)28-19-40(3)20-36-28/h4-5,14-16,18-20,25H,6-13,17H2,1-3H3,(H,35,38,39). The molecule has 4 aromatic rings. The van der Waals surface area contributed by atoms with Crippen molar-refractivity contribution in [2.75, 3.05) is 44.6 Å². The van der Waals surface area contributed by atoms with Crippen LogP contribution in [0.25, 0.3) is 16.9 Å². The third-order valence-electron chi connectivity index (χ3n) is 8.75. The van der Waals surface area contributed by atoms with Crippen molar-refractivity contribution in [3.8, 4) is 16.9 Å². The summed E-state index contributed by atoms with van der Waals surface area (Å²) in [5.74, 6) is 0.0970.